The fraction of sp³-hybridized carbons (Fsp3) is 0.357. The summed E-state index contributed by atoms with van der Waals surface area (Å²) >= 11 is 1.30. The van der Waals surface area contributed by atoms with Gasteiger partial charge in [0, 0.05) is 10.9 Å². The van der Waals surface area contributed by atoms with Gasteiger partial charge in [-0.25, -0.2) is 4.79 Å². The highest BCUT2D eigenvalue weighted by Crippen LogP contribution is 2.36. The van der Waals surface area contributed by atoms with Crippen molar-refractivity contribution < 1.29 is 19.1 Å². The van der Waals surface area contributed by atoms with Crippen LogP contribution in [0.2, 0.25) is 0 Å². The summed E-state index contributed by atoms with van der Waals surface area (Å²) in [6.07, 6.45) is 0.192. The van der Waals surface area contributed by atoms with E-state index in [1.54, 1.807) is 13.8 Å². The van der Waals surface area contributed by atoms with Crippen molar-refractivity contribution in [2.45, 2.75) is 59.5 Å². The molecule has 180 valence electrons. The number of nitrogens with one attached hydrogen (secondary N) is 1. The van der Waals surface area contributed by atoms with E-state index in [9.17, 15) is 9.59 Å². The first-order chi connectivity index (χ1) is 16.1. The number of thiophene rings is 1. The second-order valence-electron chi connectivity index (χ2n) is 9.15. The van der Waals surface area contributed by atoms with E-state index < -0.39 is 12.1 Å². The molecule has 0 saturated carbocycles. The van der Waals surface area contributed by atoms with Crippen LogP contribution in [0.4, 0.5) is 5.00 Å². The molecule has 0 spiro atoms. The molecule has 0 radical (unpaired) electrons. The molecule has 1 heterocycles. The summed E-state index contributed by atoms with van der Waals surface area (Å²) in [5.74, 6) is -0.177. The van der Waals surface area contributed by atoms with Crippen LogP contribution in [0.1, 0.15) is 63.0 Å². The molecule has 0 aliphatic rings. The van der Waals surface area contributed by atoms with Gasteiger partial charge in [-0.1, -0.05) is 64.1 Å². The minimum atomic E-state index is -0.745. The van der Waals surface area contributed by atoms with E-state index in [4.69, 9.17) is 9.47 Å². The van der Waals surface area contributed by atoms with Crippen molar-refractivity contribution in [2.75, 3.05) is 11.9 Å². The van der Waals surface area contributed by atoms with Gasteiger partial charge in [-0.3, -0.25) is 4.79 Å². The van der Waals surface area contributed by atoms with Crippen LogP contribution in [0.25, 0.3) is 11.1 Å². The number of hydrogen-bond donors (Lipinski definition) is 1. The molecule has 2 aromatic carbocycles. The first-order valence-corrected chi connectivity index (χ1v) is 12.5. The summed E-state index contributed by atoms with van der Waals surface area (Å²) in [5, 5.41) is 5.20. The number of benzene rings is 2. The number of aryl methyl sites for hydroxylation is 1. The normalized spacial score (nSPS) is 12.2. The average molecular weight is 480 g/mol. The fourth-order valence-electron chi connectivity index (χ4n) is 3.49. The van der Waals surface area contributed by atoms with E-state index >= 15 is 0 Å². The van der Waals surface area contributed by atoms with Gasteiger partial charge < -0.3 is 14.8 Å². The van der Waals surface area contributed by atoms with E-state index in [-0.39, 0.29) is 17.9 Å². The van der Waals surface area contributed by atoms with Gasteiger partial charge in [0.1, 0.15) is 16.3 Å². The van der Waals surface area contributed by atoms with Gasteiger partial charge in [0.2, 0.25) is 0 Å². The molecule has 1 atom stereocenters. The van der Waals surface area contributed by atoms with Gasteiger partial charge in [0.15, 0.2) is 6.10 Å². The van der Waals surface area contributed by atoms with Crippen LogP contribution < -0.4 is 10.1 Å². The minimum Gasteiger partial charge on any atom is -0.481 e. The molecule has 5 nitrogen and oxygen atoms in total. The zero-order valence-electron chi connectivity index (χ0n) is 20.7. The number of amides is 1. The molecule has 34 heavy (non-hydrogen) atoms. The third-order valence-electron chi connectivity index (χ3n) is 5.58. The van der Waals surface area contributed by atoms with Crippen LogP contribution in [-0.2, 0) is 21.4 Å². The SMILES string of the molecule is CCOC(=O)c1c(-c2ccc(CC)cc2)csc1NC(=O)C(C)Oc1ccc(C(C)(C)C)cc1. The molecule has 1 unspecified atom stereocenters. The molecule has 3 rings (SSSR count). The van der Waals surface area contributed by atoms with Crippen molar-refractivity contribution in [3.63, 3.8) is 0 Å². The van der Waals surface area contributed by atoms with Gasteiger partial charge >= 0.3 is 5.97 Å². The molecular weight excluding hydrogens is 446 g/mol. The van der Waals surface area contributed by atoms with E-state index in [0.717, 1.165) is 17.5 Å². The van der Waals surface area contributed by atoms with E-state index in [2.05, 4.69) is 33.0 Å². The number of carbonyl (C=O) groups is 2. The number of hydrogen-bond acceptors (Lipinski definition) is 5. The lowest BCUT2D eigenvalue weighted by Crippen LogP contribution is -2.30. The molecule has 0 aliphatic carbocycles. The van der Waals surface area contributed by atoms with Crippen molar-refractivity contribution in [3.8, 4) is 16.9 Å². The number of anilines is 1. The van der Waals surface area contributed by atoms with Gasteiger partial charge in [-0.2, -0.15) is 0 Å². The van der Waals surface area contributed by atoms with Crippen molar-refractivity contribution in [3.05, 3.63) is 70.6 Å². The van der Waals surface area contributed by atoms with Crippen molar-refractivity contribution in [1.82, 2.24) is 0 Å². The fourth-order valence-corrected chi connectivity index (χ4v) is 4.45. The largest absolute Gasteiger partial charge is 0.481 e. The van der Waals surface area contributed by atoms with Crippen molar-refractivity contribution in [1.29, 1.82) is 0 Å². The molecule has 0 aliphatic heterocycles. The Balaban J connectivity index is 1.79. The first-order valence-electron chi connectivity index (χ1n) is 11.6. The van der Waals surface area contributed by atoms with Crippen LogP contribution in [0.15, 0.2) is 53.9 Å². The Morgan fingerprint density at radius 2 is 1.65 bits per heavy atom. The monoisotopic (exact) mass is 479 g/mol. The van der Waals surface area contributed by atoms with Crippen LogP contribution in [-0.4, -0.2) is 24.6 Å². The lowest BCUT2D eigenvalue weighted by molar-refractivity contribution is -0.122. The highest BCUT2D eigenvalue weighted by Gasteiger charge is 2.25. The van der Waals surface area contributed by atoms with E-state index in [1.165, 1.54) is 22.5 Å². The van der Waals surface area contributed by atoms with Crippen molar-refractivity contribution >= 4 is 28.2 Å². The van der Waals surface area contributed by atoms with Gasteiger partial charge in [0.05, 0.1) is 6.61 Å². The maximum Gasteiger partial charge on any atom is 0.341 e. The predicted molar refractivity (Wildman–Crippen MR) is 139 cm³/mol. The molecular formula is C28H33NO4S. The van der Waals surface area contributed by atoms with Gasteiger partial charge in [0.25, 0.3) is 5.91 Å². The van der Waals surface area contributed by atoms with Gasteiger partial charge in [-0.05, 0) is 54.5 Å². The maximum atomic E-state index is 12.9. The molecule has 0 bridgehead atoms. The number of ether oxygens (including phenoxy) is 2. The summed E-state index contributed by atoms with van der Waals surface area (Å²) < 4.78 is 11.2. The lowest BCUT2D eigenvalue weighted by Gasteiger charge is -2.20. The highest BCUT2D eigenvalue weighted by molar-refractivity contribution is 7.15. The zero-order valence-corrected chi connectivity index (χ0v) is 21.5. The second kappa shape index (κ2) is 10.9. The Morgan fingerprint density at radius 1 is 1.00 bits per heavy atom. The minimum absolute atomic E-state index is 0.0404. The molecule has 1 N–H and O–H groups in total. The summed E-state index contributed by atoms with van der Waals surface area (Å²) in [5.41, 5.74) is 4.46. The van der Waals surface area contributed by atoms with Crippen LogP contribution in [0.5, 0.6) is 5.75 Å². The zero-order chi connectivity index (χ0) is 24.9. The highest BCUT2D eigenvalue weighted by atomic mass is 32.1. The van der Waals surface area contributed by atoms with E-state index in [1.807, 2.05) is 53.9 Å². The number of carbonyl (C=O) groups excluding carboxylic acids is 2. The smallest absolute Gasteiger partial charge is 0.341 e. The quantitative estimate of drug-likeness (QED) is 0.359. The van der Waals surface area contributed by atoms with Gasteiger partial charge in [-0.15, -0.1) is 11.3 Å². The number of esters is 1. The topological polar surface area (TPSA) is 64.6 Å². The third kappa shape index (κ3) is 6.06. The molecule has 0 saturated heterocycles. The van der Waals surface area contributed by atoms with Crippen molar-refractivity contribution in [2.24, 2.45) is 0 Å². The standard InChI is InChI=1S/C28H33NO4S/c1-7-19-9-11-20(12-10-19)23-17-34-26(24(23)27(31)32-8-2)29-25(30)18(3)33-22-15-13-21(14-16-22)28(4,5)6/h9-18H,7-8H2,1-6H3,(H,29,30). The Bertz CT molecular complexity index is 1120. The average Bonchev–Trinajstić information content (AvgIpc) is 3.22. The Morgan fingerprint density at radius 3 is 2.21 bits per heavy atom. The van der Waals surface area contributed by atoms with Crippen LogP contribution in [0, 0.1) is 0 Å². The van der Waals surface area contributed by atoms with Crippen LogP contribution >= 0.6 is 11.3 Å². The van der Waals surface area contributed by atoms with Crippen LogP contribution in [0.3, 0.4) is 0 Å². The molecule has 1 amide bonds. The Hall–Kier alpha value is -3.12. The summed E-state index contributed by atoms with van der Waals surface area (Å²) in [6.45, 7) is 12.2. The summed E-state index contributed by atoms with van der Waals surface area (Å²) in [7, 11) is 0. The lowest BCUT2D eigenvalue weighted by atomic mass is 9.87. The Kier molecular flexibility index (Phi) is 8.15. The summed E-state index contributed by atoms with van der Waals surface area (Å²) in [4.78, 5) is 25.7. The Labute approximate surface area is 206 Å². The summed E-state index contributed by atoms with van der Waals surface area (Å²) in [6, 6.07) is 15.8. The molecule has 0 fully saturated rings. The number of rotatable bonds is 8. The predicted octanol–water partition coefficient (Wildman–Crippen LogP) is 6.86. The molecule has 6 heteroatoms. The first kappa shape index (κ1) is 25.5. The molecule has 1 aromatic heterocycles. The third-order valence-corrected chi connectivity index (χ3v) is 6.48. The second-order valence-corrected chi connectivity index (χ2v) is 10.0. The molecule has 3 aromatic rings. The van der Waals surface area contributed by atoms with E-state index in [0.29, 0.717) is 16.3 Å². The maximum absolute atomic E-state index is 12.9.